The van der Waals surface area contributed by atoms with E-state index in [4.69, 9.17) is 4.52 Å². The molecule has 28 heavy (non-hydrogen) atoms. The Bertz CT molecular complexity index is 872. The minimum atomic E-state index is 0. The molecule has 3 aromatic rings. The maximum absolute atomic E-state index is 5.36. The molecule has 3 rings (SSSR count). The van der Waals surface area contributed by atoms with Crippen LogP contribution in [0, 0.1) is 0 Å². The molecule has 0 aliphatic heterocycles. The summed E-state index contributed by atoms with van der Waals surface area (Å²) in [6.45, 7) is 7.96. The van der Waals surface area contributed by atoms with Crippen molar-refractivity contribution in [3.05, 3.63) is 59.9 Å². The van der Waals surface area contributed by atoms with Crippen LogP contribution in [-0.4, -0.2) is 27.6 Å². The molecule has 150 valence electrons. The minimum Gasteiger partial charge on any atom is -0.359 e. The molecule has 0 atom stereocenters. The highest BCUT2D eigenvalue weighted by Gasteiger charge is 2.08. The molecule has 2 aromatic heterocycles. The number of imidazole rings is 1. The molecule has 0 aliphatic carbocycles. The number of guanidine groups is 1. The third kappa shape index (κ3) is 6.08. The fraction of sp³-hybridized carbons (Fsp3) is 0.350. The summed E-state index contributed by atoms with van der Waals surface area (Å²) < 4.78 is 5.36. The Hall–Kier alpha value is -2.36. The number of hydrogen-bond donors (Lipinski definition) is 3. The van der Waals surface area contributed by atoms with Gasteiger partial charge in [-0.15, -0.1) is 24.0 Å². The number of benzene rings is 1. The SMILES string of the molecule is CCNC(=NCc1ncc(-c2ccccc2)[nH]1)NCc1cc(C(C)C)no1.I. The first-order chi connectivity index (χ1) is 13.2. The van der Waals surface area contributed by atoms with Gasteiger partial charge >= 0.3 is 0 Å². The smallest absolute Gasteiger partial charge is 0.192 e. The fourth-order valence-electron chi connectivity index (χ4n) is 2.56. The monoisotopic (exact) mass is 494 g/mol. The van der Waals surface area contributed by atoms with Crippen molar-refractivity contribution in [1.82, 2.24) is 25.8 Å². The third-order valence-corrected chi connectivity index (χ3v) is 4.04. The van der Waals surface area contributed by atoms with Crippen LogP contribution in [0.3, 0.4) is 0 Å². The highest BCUT2D eigenvalue weighted by Crippen LogP contribution is 2.16. The molecular formula is C20H27IN6O. The second-order valence-corrected chi connectivity index (χ2v) is 6.53. The first-order valence-corrected chi connectivity index (χ1v) is 9.22. The third-order valence-electron chi connectivity index (χ3n) is 4.04. The van der Waals surface area contributed by atoms with E-state index in [-0.39, 0.29) is 24.0 Å². The number of hydrogen-bond acceptors (Lipinski definition) is 4. The maximum Gasteiger partial charge on any atom is 0.192 e. The number of halogens is 1. The highest BCUT2D eigenvalue weighted by atomic mass is 127. The van der Waals surface area contributed by atoms with E-state index in [9.17, 15) is 0 Å². The normalized spacial score (nSPS) is 11.4. The first-order valence-electron chi connectivity index (χ1n) is 9.22. The molecule has 0 unspecified atom stereocenters. The molecule has 0 fully saturated rings. The van der Waals surface area contributed by atoms with E-state index in [0.29, 0.717) is 25.0 Å². The van der Waals surface area contributed by atoms with Gasteiger partial charge in [0.05, 0.1) is 24.1 Å². The Kier molecular flexibility index (Phi) is 8.49. The van der Waals surface area contributed by atoms with Crippen LogP contribution in [0.2, 0.25) is 0 Å². The Morgan fingerprint density at radius 2 is 2.00 bits per heavy atom. The second kappa shape index (κ2) is 10.8. The molecule has 3 N–H and O–H groups in total. The standard InChI is InChI=1S/C20H26N6O.HI/c1-4-21-20(23-11-16-10-17(14(2)3)26-27-16)24-13-19-22-12-18(25-19)15-8-6-5-7-9-15;/h5-10,12,14H,4,11,13H2,1-3H3,(H,22,25)(H2,21,23,24);1H. The summed E-state index contributed by atoms with van der Waals surface area (Å²) in [6.07, 6.45) is 1.84. The van der Waals surface area contributed by atoms with Gasteiger partial charge in [0, 0.05) is 12.6 Å². The Morgan fingerprint density at radius 3 is 2.68 bits per heavy atom. The molecule has 0 spiro atoms. The summed E-state index contributed by atoms with van der Waals surface area (Å²) >= 11 is 0. The van der Waals surface area contributed by atoms with Gasteiger partial charge in [-0.2, -0.15) is 0 Å². The predicted molar refractivity (Wildman–Crippen MR) is 122 cm³/mol. The van der Waals surface area contributed by atoms with Gasteiger partial charge in [-0.25, -0.2) is 9.98 Å². The fourth-order valence-corrected chi connectivity index (χ4v) is 2.56. The van der Waals surface area contributed by atoms with Gasteiger partial charge in [0.25, 0.3) is 0 Å². The lowest BCUT2D eigenvalue weighted by Crippen LogP contribution is -2.36. The lowest BCUT2D eigenvalue weighted by molar-refractivity contribution is 0.372. The van der Waals surface area contributed by atoms with Crippen LogP contribution in [0.5, 0.6) is 0 Å². The van der Waals surface area contributed by atoms with Crippen LogP contribution in [0.4, 0.5) is 0 Å². The predicted octanol–water partition coefficient (Wildman–Crippen LogP) is 4.06. The van der Waals surface area contributed by atoms with Crippen LogP contribution in [0.1, 0.15) is 44.0 Å². The summed E-state index contributed by atoms with van der Waals surface area (Å²) in [5, 5.41) is 10.6. The highest BCUT2D eigenvalue weighted by molar-refractivity contribution is 14.0. The quantitative estimate of drug-likeness (QED) is 0.262. The molecule has 0 radical (unpaired) electrons. The summed E-state index contributed by atoms with van der Waals surface area (Å²) in [5.74, 6) is 2.65. The van der Waals surface area contributed by atoms with Gasteiger partial charge in [0.2, 0.25) is 0 Å². The summed E-state index contributed by atoms with van der Waals surface area (Å²) in [4.78, 5) is 12.3. The Balaban J connectivity index is 0.00000280. The second-order valence-electron chi connectivity index (χ2n) is 6.53. The van der Waals surface area contributed by atoms with E-state index in [2.05, 4.69) is 56.7 Å². The van der Waals surface area contributed by atoms with Crippen molar-refractivity contribution in [3.63, 3.8) is 0 Å². The van der Waals surface area contributed by atoms with Gasteiger partial charge in [-0.3, -0.25) is 0 Å². The lowest BCUT2D eigenvalue weighted by Gasteiger charge is -2.09. The van der Waals surface area contributed by atoms with Gasteiger partial charge in [-0.1, -0.05) is 49.3 Å². The number of aromatic nitrogens is 3. The molecule has 0 saturated carbocycles. The summed E-state index contributed by atoms with van der Waals surface area (Å²) in [5.41, 5.74) is 3.05. The Morgan fingerprint density at radius 1 is 1.21 bits per heavy atom. The van der Waals surface area contributed by atoms with E-state index < -0.39 is 0 Å². The zero-order valence-corrected chi connectivity index (χ0v) is 18.7. The van der Waals surface area contributed by atoms with Crippen molar-refractivity contribution in [2.75, 3.05) is 6.54 Å². The van der Waals surface area contributed by atoms with Crippen molar-refractivity contribution in [1.29, 1.82) is 0 Å². The molecule has 0 aliphatic rings. The zero-order chi connectivity index (χ0) is 19.1. The average molecular weight is 494 g/mol. The molecule has 8 heteroatoms. The number of nitrogens with zero attached hydrogens (tertiary/aromatic N) is 3. The van der Waals surface area contributed by atoms with E-state index in [1.165, 1.54) is 0 Å². The molecule has 0 saturated heterocycles. The van der Waals surface area contributed by atoms with E-state index in [0.717, 1.165) is 35.1 Å². The van der Waals surface area contributed by atoms with Crippen molar-refractivity contribution in [2.24, 2.45) is 4.99 Å². The van der Waals surface area contributed by atoms with Gasteiger partial charge < -0.3 is 20.1 Å². The molecule has 0 bridgehead atoms. The van der Waals surface area contributed by atoms with Crippen LogP contribution in [-0.2, 0) is 13.1 Å². The Labute approximate surface area is 182 Å². The number of nitrogens with one attached hydrogen (secondary N) is 3. The average Bonchev–Trinajstić information content (AvgIpc) is 3.34. The van der Waals surface area contributed by atoms with Crippen molar-refractivity contribution < 1.29 is 4.52 Å². The number of rotatable bonds is 7. The first kappa shape index (κ1) is 21.9. The van der Waals surface area contributed by atoms with Gasteiger partial charge in [0.1, 0.15) is 12.4 Å². The van der Waals surface area contributed by atoms with Gasteiger partial charge in [-0.05, 0) is 18.4 Å². The van der Waals surface area contributed by atoms with Crippen molar-refractivity contribution in [2.45, 2.75) is 39.8 Å². The largest absolute Gasteiger partial charge is 0.359 e. The summed E-state index contributed by atoms with van der Waals surface area (Å²) in [6, 6.07) is 12.1. The number of aliphatic imine (C=N–C) groups is 1. The van der Waals surface area contributed by atoms with Crippen LogP contribution < -0.4 is 10.6 Å². The van der Waals surface area contributed by atoms with E-state index in [1.54, 1.807) is 0 Å². The zero-order valence-electron chi connectivity index (χ0n) is 16.4. The van der Waals surface area contributed by atoms with Crippen molar-refractivity contribution in [3.8, 4) is 11.3 Å². The molecule has 1 aromatic carbocycles. The van der Waals surface area contributed by atoms with Crippen LogP contribution in [0.15, 0.2) is 52.1 Å². The minimum absolute atomic E-state index is 0. The molecule has 7 nitrogen and oxygen atoms in total. The lowest BCUT2D eigenvalue weighted by atomic mass is 10.1. The topological polar surface area (TPSA) is 91.1 Å². The van der Waals surface area contributed by atoms with Gasteiger partial charge in [0.15, 0.2) is 11.7 Å². The van der Waals surface area contributed by atoms with E-state index >= 15 is 0 Å². The van der Waals surface area contributed by atoms with Crippen LogP contribution >= 0.6 is 24.0 Å². The van der Waals surface area contributed by atoms with Crippen molar-refractivity contribution >= 4 is 29.9 Å². The maximum atomic E-state index is 5.36. The molecular weight excluding hydrogens is 467 g/mol. The number of aromatic amines is 1. The van der Waals surface area contributed by atoms with E-state index in [1.807, 2.05) is 37.4 Å². The summed E-state index contributed by atoms with van der Waals surface area (Å²) in [7, 11) is 0. The molecule has 0 amide bonds. The molecule has 2 heterocycles. The van der Waals surface area contributed by atoms with Crippen LogP contribution in [0.25, 0.3) is 11.3 Å². The number of H-pyrrole nitrogens is 1.